The first-order chi connectivity index (χ1) is 8.88. The summed E-state index contributed by atoms with van der Waals surface area (Å²) in [4.78, 5) is 0. The zero-order chi connectivity index (χ0) is 14.4. The van der Waals surface area contributed by atoms with Gasteiger partial charge in [0, 0.05) is 18.3 Å². The molecule has 0 aliphatic heterocycles. The second-order valence-electron chi connectivity index (χ2n) is 5.77. The lowest BCUT2D eigenvalue weighted by Crippen LogP contribution is -2.12. The van der Waals surface area contributed by atoms with Gasteiger partial charge in [-0.2, -0.15) is 0 Å². The SMILES string of the molecule is CC(C)CNc1ccc(OC(C)C)c(OC(C)C)c1. The highest BCUT2D eigenvalue weighted by atomic mass is 16.5. The topological polar surface area (TPSA) is 30.5 Å². The van der Waals surface area contributed by atoms with Crippen LogP contribution in [0.3, 0.4) is 0 Å². The van der Waals surface area contributed by atoms with E-state index in [1.165, 1.54) is 0 Å². The molecule has 0 amide bonds. The molecule has 1 rings (SSSR count). The van der Waals surface area contributed by atoms with Gasteiger partial charge in [-0.1, -0.05) is 13.8 Å². The van der Waals surface area contributed by atoms with Crippen LogP contribution >= 0.6 is 0 Å². The second kappa shape index (κ2) is 7.27. The lowest BCUT2D eigenvalue weighted by Gasteiger charge is -2.18. The van der Waals surface area contributed by atoms with Gasteiger partial charge in [0.05, 0.1) is 12.2 Å². The van der Waals surface area contributed by atoms with Crippen LogP contribution < -0.4 is 14.8 Å². The molecule has 0 heterocycles. The van der Waals surface area contributed by atoms with Crippen molar-refractivity contribution in [2.24, 2.45) is 5.92 Å². The quantitative estimate of drug-likeness (QED) is 0.796. The van der Waals surface area contributed by atoms with Gasteiger partial charge in [-0.05, 0) is 45.7 Å². The summed E-state index contributed by atoms with van der Waals surface area (Å²) in [6.07, 6.45) is 0.277. The molecule has 0 unspecified atom stereocenters. The fourth-order valence-electron chi connectivity index (χ4n) is 1.64. The molecular weight excluding hydrogens is 238 g/mol. The van der Waals surface area contributed by atoms with Gasteiger partial charge >= 0.3 is 0 Å². The summed E-state index contributed by atoms with van der Waals surface area (Å²) in [6, 6.07) is 6.02. The predicted molar refractivity (Wildman–Crippen MR) is 81.3 cm³/mol. The van der Waals surface area contributed by atoms with Gasteiger partial charge < -0.3 is 14.8 Å². The molecule has 0 bridgehead atoms. The summed E-state index contributed by atoms with van der Waals surface area (Å²) in [5, 5.41) is 3.40. The number of benzene rings is 1. The molecule has 19 heavy (non-hydrogen) atoms. The van der Waals surface area contributed by atoms with Gasteiger partial charge in [-0.25, -0.2) is 0 Å². The molecule has 0 aliphatic carbocycles. The van der Waals surface area contributed by atoms with Gasteiger partial charge in [0.2, 0.25) is 0 Å². The molecule has 0 radical (unpaired) electrons. The molecule has 0 saturated heterocycles. The molecule has 1 aromatic rings. The van der Waals surface area contributed by atoms with Crippen molar-refractivity contribution in [2.45, 2.75) is 53.8 Å². The van der Waals surface area contributed by atoms with Crippen molar-refractivity contribution in [3.63, 3.8) is 0 Å². The molecule has 3 heteroatoms. The van der Waals surface area contributed by atoms with Gasteiger partial charge in [0.15, 0.2) is 11.5 Å². The number of anilines is 1. The zero-order valence-corrected chi connectivity index (χ0v) is 13.0. The van der Waals surface area contributed by atoms with Crippen LogP contribution in [0.5, 0.6) is 11.5 Å². The molecule has 0 aliphatic rings. The van der Waals surface area contributed by atoms with Crippen LogP contribution in [0.2, 0.25) is 0 Å². The van der Waals surface area contributed by atoms with Gasteiger partial charge in [0.25, 0.3) is 0 Å². The molecule has 0 aromatic heterocycles. The molecule has 1 aromatic carbocycles. The summed E-state index contributed by atoms with van der Waals surface area (Å²) in [5.41, 5.74) is 1.07. The maximum Gasteiger partial charge on any atom is 0.163 e. The fraction of sp³-hybridized carbons (Fsp3) is 0.625. The minimum absolute atomic E-state index is 0.134. The summed E-state index contributed by atoms with van der Waals surface area (Å²) in [5.74, 6) is 2.22. The summed E-state index contributed by atoms with van der Waals surface area (Å²) >= 11 is 0. The molecule has 0 atom stereocenters. The predicted octanol–water partition coefficient (Wildman–Crippen LogP) is 4.33. The highest BCUT2D eigenvalue weighted by Gasteiger charge is 2.10. The molecular formula is C16H27NO2. The third kappa shape index (κ3) is 5.86. The van der Waals surface area contributed by atoms with Crippen molar-refractivity contribution in [3.8, 4) is 11.5 Å². The summed E-state index contributed by atoms with van der Waals surface area (Å²) in [7, 11) is 0. The van der Waals surface area contributed by atoms with Gasteiger partial charge in [0.1, 0.15) is 0 Å². The highest BCUT2D eigenvalue weighted by molar-refractivity contribution is 5.54. The molecule has 108 valence electrons. The molecule has 0 saturated carbocycles. The molecule has 3 nitrogen and oxygen atoms in total. The van der Waals surface area contributed by atoms with Crippen LogP contribution in [0.1, 0.15) is 41.5 Å². The average Bonchev–Trinajstić information content (AvgIpc) is 2.28. The van der Waals surface area contributed by atoms with Crippen molar-refractivity contribution in [3.05, 3.63) is 18.2 Å². The van der Waals surface area contributed by atoms with Crippen LogP contribution in [0.4, 0.5) is 5.69 Å². The summed E-state index contributed by atoms with van der Waals surface area (Å²) < 4.78 is 11.6. The number of ether oxygens (including phenoxy) is 2. The Kier molecular flexibility index (Phi) is 6.00. The van der Waals surface area contributed by atoms with E-state index in [0.29, 0.717) is 5.92 Å². The van der Waals surface area contributed by atoms with Crippen molar-refractivity contribution in [2.75, 3.05) is 11.9 Å². The largest absolute Gasteiger partial charge is 0.487 e. The standard InChI is InChI=1S/C16H27NO2/c1-11(2)10-17-14-7-8-15(18-12(3)4)16(9-14)19-13(5)6/h7-9,11-13,17H,10H2,1-6H3. The van der Waals surface area contributed by atoms with Crippen LogP contribution in [0, 0.1) is 5.92 Å². The van der Waals surface area contributed by atoms with E-state index in [4.69, 9.17) is 9.47 Å². The van der Waals surface area contributed by atoms with Crippen LogP contribution in [-0.4, -0.2) is 18.8 Å². The normalized spacial score (nSPS) is 11.2. The van der Waals surface area contributed by atoms with Crippen LogP contribution in [0.25, 0.3) is 0 Å². The molecule has 0 fully saturated rings. The van der Waals surface area contributed by atoms with Crippen molar-refractivity contribution in [1.29, 1.82) is 0 Å². The second-order valence-corrected chi connectivity index (χ2v) is 5.77. The average molecular weight is 265 g/mol. The van der Waals surface area contributed by atoms with E-state index in [-0.39, 0.29) is 12.2 Å². The highest BCUT2D eigenvalue weighted by Crippen LogP contribution is 2.32. The minimum Gasteiger partial charge on any atom is -0.487 e. The first-order valence-corrected chi connectivity index (χ1v) is 7.09. The Labute approximate surface area is 117 Å². The van der Waals surface area contributed by atoms with Gasteiger partial charge in [-0.15, -0.1) is 0 Å². The maximum absolute atomic E-state index is 5.83. The Morgan fingerprint density at radius 1 is 0.895 bits per heavy atom. The third-order valence-electron chi connectivity index (χ3n) is 2.38. The van der Waals surface area contributed by atoms with E-state index in [1.54, 1.807) is 0 Å². The Bertz CT molecular complexity index is 386. The number of hydrogen-bond acceptors (Lipinski definition) is 3. The van der Waals surface area contributed by atoms with E-state index in [2.05, 4.69) is 19.2 Å². The molecule has 0 spiro atoms. The number of rotatable bonds is 7. The van der Waals surface area contributed by atoms with E-state index in [9.17, 15) is 0 Å². The van der Waals surface area contributed by atoms with Crippen molar-refractivity contribution >= 4 is 5.69 Å². The Morgan fingerprint density at radius 3 is 2.00 bits per heavy atom. The lowest BCUT2D eigenvalue weighted by atomic mass is 10.2. The van der Waals surface area contributed by atoms with Crippen LogP contribution in [0.15, 0.2) is 18.2 Å². The monoisotopic (exact) mass is 265 g/mol. The maximum atomic E-state index is 5.83. The molecule has 1 N–H and O–H groups in total. The number of hydrogen-bond donors (Lipinski definition) is 1. The lowest BCUT2D eigenvalue weighted by molar-refractivity contribution is 0.199. The van der Waals surface area contributed by atoms with E-state index in [1.807, 2.05) is 45.9 Å². The first kappa shape index (κ1) is 15.7. The van der Waals surface area contributed by atoms with Crippen molar-refractivity contribution in [1.82, 2.24) is 0 Å². The summed E-state index contributed by atoms with van der Waals surface area (Å²) in [6.45, 7) is 13.4. The zero-order valence-electron chi connectivity index (χ0n) is 13.0. The first-order valence-electron chi connectivity index (χ1n) is 7.09. The smallest absolute Gasteiger partial charge is 0.163 e. The van der Waals surface area contributed by atoms with Crippen LogP contribution in [-0.2, 0) is 0 Å². The van der Waals surface area contributed by atoms with Crippen molar-refractivity contribution < 1.29 is 9.47 Å². The van der Waals surface area contributed by atoms with E-state index >= 15 is 0 Å². The Morgan fingerprint density at radius 2 is 1.47 bits per heavy atom. The minimum atomic E-state index is 0.134. The Balaban J connectivity index is 2.87. The Hall–Kier alpha value is -1.38. The van der Waals surface area contributed by atoms with E-state index < -0.39 is 0 Å². The van der Waals surface area contributed by atoms with Gasteiger partial charge in [-0.3, -0.25) is 0 Å². The number of nitrogens with one attached hydrogen (secondary N) is 1. The van der Waals surface area contributed by atoms with E-state index in [0.717, 1.165) is 23.7 Å². The third-order valence-corrected chi connectivity index (χ3v) is 2.38. The fourth-order valence-corrected chi connectivity index (χ4v) is 1.64.